The van der Waals surface area contributed by atoms with Crippen LogP contribution in [0.1, 0.15) is 64.7 Å². The van der Waals surface area contributed by atoms with E-state index in [1.165, 1.54) is 38.6 Å². The molecule has 1 aliphatic carbocycles. The topological polar surface area (TPSA) is 58.4 Å². The Labute approximate surface area is 123 Å². The van der Waals surface area contributed by atoms with E-state index < -0.39 is 0 Å². The average Bonchev–Trinajstić information content (AvgIpc) is 2.83. The molecule has 1 atom stereocenters. The highest BCUT2D eigenvalue weighted by molar-refractivity contribution is 5.77. The Morgan fingerprint density at radius 1 is 1.30 bits per heavy atom. The molecule has 4 heteroatoms. The summed E-state index contributed by atoms with van der Waals surface area (Å²) in [5.74, 6) is 0.140. The van der Waals surface area contributed by atoms with Gasteiger partial charge in [-0.15, -0.1) is 0 Å². The van der Waals surface area contributed by atoms with Crippen molar-refractivity contribution in [3.05, 3.63) is 0 Å². The molecule has 1 unspecified atom stereocenters. The van der Waals surface area contributed by atoms with Gasteiger partial charge in [-0.3, -0.25) is 4.79 Å². The molecule has 1 saturated carbocycles. The third kappa shape index (κ3) is 4.74. The molecule has 20 heavy (non-hydrogen) atoms. The maximum absolute atomic E-state index is 11.9. The molecule has 2 rings (SSSR count). The fraction of sp³-hybridized carbons (Fsp3) is 0.938. The summed E-state index contributed by atoms with van der Waals surface area (Å²) in [6.07, 6.45) is 9.94. The van der Waals surface area contributed by atoms with Crippen LogP contribution in [0.4, 0.5) is 0 Å². The molecule has 0 bridgehead atoms. The lowest BCUT2D eigenvalue weighted by molar-refractivity contribution is -0.122. The molecule has 2 fully saturated rings. The van der Waals surface area contributed by atoms with Gasteiger partial charge in [0.2, 0.25) is 5.91 Å². The van der Waals surface area contributed by atoms with E-state index in [2.05, 4.69) is 17.1 Å². The quantitative estimate of drug-likeness (QED) is 0.732. The molecule has 0 aromatic heterocycles. The van der Waals surface area contributed by atoms with Crippen molar-refractivity contribution >= 4 is 5.91 Å². The molecule has 1 saturated heterocycles. The SMILES string of the molecule is CC1CCCCN1CCCNC(=O)CC1(N)CCCC1. The van der Waals surface area contributed by atoms with Crippen LogP contribution in [0.25, 0.3) is 0 Å². The van der Waals surface area contributed by atoms with Crippen molar-refractivity contribution in [3.8, 4) is 0 Å². The monoisotopic (exact) mass is 281 g/mol. The van der Waals surface area contributed by atoms with Crippen LogP contribution in [0.15, 0.2) is 0 Å². The summed E-state index contributed by atoms with van der Waals surface area (Å²) in [6, 6.07) is 0.713. The van der Waals surface area contributed by atoms with E-state index in [1.807, 2.05) is 0 Å². The molecule has 0 spiro atoms. The summed E-state index contributed by atoms with van der Waals surface area (Å²) in [4.78, 5) is 14.5. The number of carbonyl (C=O) groups is 1. The zero-order chi connectivity index (χ0) is 14.4. The molecule has 1 aliphatic heterocycles. The van der Waals surface area contributed by atoms with Gasteiger partial charge in [-0.05, 0) is 45.6 Å². The zero-order valence-corrected chi connectivity index (χ0v) is 13.0. The van der Waals surface area contributed by atoms with Gasteiger partial charge in [-0.1, -0.05) is 19.3 Å². The van der Waals surface area contributed by atoms with Crippen LogP contribution >= 0.6 is 0 Å². The molecule has 0 radical (unpaired) electrons. The Kier molecular flexibility index (Phi) is 5.85. The van der Waals surface area contributed by atoms with E-state index in [4.69, 9.17) is 5.73 Å². The molecule has 2 aliphatic rings. The molecule has 116 valence electrons. The number of likely N-dealkylation sites (tertiary alicyclic amines) is 1. The second kappa shape index (κ2) is 7.41. The molecule has 3 N–H and O–H groups in total. The fourth-order valence-corrected chi connectivity index (χ4v) is 3.64. The number of nitrogens with two attached hydrogens (primary N) is 1. The lowest BCUT2D eigenvalue weighted by Crippen LogP contribution is -2.43. The standard InChI is InChI=1S/C16H31N3O/c1-14-7-2-5-11-19(14)12-6-10-18-15(20)13-16(17)8-3-4-9-16/h14H,2-13,17H2,1H3,(H,18,20). The smallest absolute Gasteiger partial charge is 0.221 e. The number of amides is 1. The summed E-state index contributed by atoms with van der Waals surface area (Å²) in [7, 11) is 0. The fourth-order valence-electron chi connectivity index (χ4n) is 3.64. The van der Waals surface area contributed by atoms with Crippen molar-refractivity contribution in [1.29, 1.82) is 0 Å². The van der Waals surface area contributed by atoms with E-state index >= 15 is 0 Å². The van der Waals surface area contributed by atoms with Crippen LogP contribution in [0, 0.1) is 0 Å². The summed E-state index contributed by atoms with van der Waals surface area (Å²) < 4.78 is 0. The largest absolute Gasteiger partial charge is 0.356 e. The Bertz CT molecular complexity index is 313. The number of piperidine rings is 1. The highest BCUT2D eigenvalue weighted by Crippen LogP contribution is 2.29. The summed E-state index contributed by atoms with van der Waals surface area (Å²) in [5, 5.41) is 3.04. The lowest BCUT2D eigenvalue weighted by atomic mass is 9.94. The minimum absolute atomic E-state index is 0.140. The van der Waals surface area contributed by atoms with Crippen molar-refractivity contribution in [2.75, 3.05) is 19.6 Å². The molecular formula is C16H31N3O. The van der Waals surface area contributed by atoms with E-state index in [9.17, 15) is 4.79 Å². The molecule has 0 aromatic rings. The lowest BCUT2D eigenvalue weighted by Gasteiger charge is -2.33. The first kappa shape index (κ1) is 15.8. The minimum atomic E-state index is -0.217. The number of nitrogens with zero attached hydrogens (tertiary/aromatic N) is 1. The van der Waals surface area contributed by atoms with Gasteiger partial charge in [-0.25, -0.2) is 0 Å². The molecule has 1 amide bonds. The highest BCUT2D eigenvalue weighted by atomic mass is 16.1. The molecule has 1 heterocycles. The van der Waals surface area contributed by atoms with Crippen molar-refractivity contribution in [1.82, 2.24) is 10.2 Å². The number of nitrogens with one attached hydrogen (secondary N) is 1. The van der Waals surface area contributed by atoms with Gasteiger partial charge < -0.3 is 16.0 Å². The van der Waals surface area contributed by atoms with Crippen molar-refractivity contribution in [2.45, 2.75) is 76.3 Å². The third-order valence-electron chi connectivity index (χ3n) is 5.00. The number of hydrogen-bond acceptors (Lipinski definition) is 3. The molecule has 0 aromatic carbocycles. The zero-order valence-electron chi connectivity index (χ0n) is 13.0. The summed E-state index contributed by atoms with van der Waals surface area (Å²) in [6.45, 7) is 5.43. The predicted octanol–water partition coefficient (Wildman–Crippen LogP) is 2.03. The average molecular weight is 281 g/mol. The first-order valence-electron chi connectivity index (χ1n) is 8.39. The van der Waals surface area contributed by atoms with E-state index in [0.29, 0.717) is 12.5 Å². The Morgan fingerprint density at radius 2 is 2.05 bits per heavy atom. The predicted molar refractivity (Wildman–Crippen MR) is 82.5 cm³/mol. The van der Waals surface area contributed by atoms with Crippen LogP contribution in [-0.4, -0.2) is 42.0 Å². The first-order chi connectivity index (χ1) is 9.59. The van der Waals surface area contributed by atoms with Crippen molar-refractivity contribution in [2.24, 2.45) is 5.73 Å². The van der Waals surface area contributed by atoms with Crippen LogP contribution in [-0.2, 0) is 4.79 Å². The summed E-state index contributed by atoms with van der Waals surface area (Å²) >= 11 is 0. The van der Waals surface area contributed by atoms with E-state index in [0.717, 1.165) is 32.4 Å². The Morgan fingerprint density at radius 3 is 2.75 bits per heavy atom. The van der Waals surface area contributed by atoms with E-state index in [1.54, 1.807) is 0 Å². The van der Waals surface area contributed by atoms with Gasteiger partial charge in [0.25, 0.3) is 0 Å². The second-order valence-electron chi connectivity index (χ2n) is 6.83. The Hall–Kier alpha value is -0.610. The summed E-state index contributed by atoms with van der Waals surface area (Å²) in [5.41, 5.74) is 6.01. The van der Waals surface area contributed by atoms with Gasteiger partial charge in [0.15, 0.2) is 0 Å². The van der Waals surface area contributed by atoms with Gasteiger partial charge in [0.05, 0.1) is 0 Å². The third-order valence-corrected chi connectivity index (χ3v) is 5.00. The van der Waals surface area contributed by atoms with Gasteiger partial charge in [0, 0.05) is 31.1 Å². The van der Waals surface area contributed by atoms with Gasteiger partial charge in [-0.2, -0.15) is 0 Å². The second-order valence-corrected chi connectivity index (χ2v) is 6.83. The number of rotatable bonds is 6. The molecule has 4 nitrogen and oxygen atoms in total. The van der Waals surface area contributed by atoms with Crippen LogP contribution in [0.5, 0.6) is 0 Å². The number of hydrogen-bond donors (Lipinski definition) is 2. The van der Waals surface area contributed by atoms with Gasteiger partial charge >= 0.3 is 0 Å². The van der Waals surface area contributed by atoms with Crippen LogP contribution in [0.2, 0.25) is 0 Å². The Balaban J connectivity index is 1.57. The van der Waals surface area contributed by atoms with Crippen LogP contribution < -0.4 is 11.1 Å². The van der Waals surface area contributed by atoms with Crippen molar-refractivity contribution < 1.29 is 4.79 Å². The highest BCUT2D eigenvalue weighted by Gasteiger charge is 2.31. The molecular weight excluding hydrogens is 250 g/mol. The minimum Gasteiger partial charge on any atom is -0.356 e. The maximum atomic E-state index is 11.9. The maximum Gasteiger partial charge on any atom is 0.221 e. The normalized spacial score (nSPS) is 26.6. The first-order valence-corrected chi connectivity index (χ1v) is 8.39. The van der Waals surface area contributed by atoms with E-state index in [-0.39, 0.29) is 11.4 Å². The van der Waals surface area contributed by atoms with Gasteiger partial charge in [0.1, 0.15) is 0 Å². The van der Waals surface area contributed by atoms with Crippen LogP contribution in [0.3, 0.4) is 0 Å². The van der Waals surface area contributed by atoms with Crippen molar-refractivity contribution in [3.63, 3.8) is 0 Å². The number of carbonyl (C=O) groups excluding carboxylic acids is 1.